The monoisotopic (exact) mass is 561 g/mol. The van der Waals surface area contributed by atoms with Crippen molar-refractivity contribution in [1.29, 1.82) is 0 Å². The van der Waals surface area contributed by atoms with E-state index in [1.54, 1.807) is 30.3 Å². The highest BCUT2D eigenvalue weighted by Gasteiger charge is 2.60. The molecule has 0 saturated heterocycles. The fourth-order valence-electron chi connectivity index (χ4n) is 6.19. The number of aliphatic hydroxyl groups is 3. The number of hydrogen-bond donors (Lipinski definition) is 6. The molecule has 41 heavy (non-hydrogen) atoms. The fraction of sp³-hybridized carbons (Fsp3) is 0.333. The van der Waals surface area contributed by atoms with Crippen molar-refractivity contribution in [3.05, 3.63) is 70.0 Å². The zero-order valence-electron chi connectivity index (χ0n) is 22.6. The van der Waals surface area contributed by atoms with Crippen LogP contribution in [0.5, 0.6) is 5.75 Å². The van der Waals surface area contributed by atoms with Crippen molar-refractivity contribution in [3.8, 4) is 16.9 Å². The molecule has 0 bridgehead atoms. The summed E-state index contributed by atoms with van der Waals surface area (Å²) in [5, 5.41) is 46.9. The quantitative estimate of drug-likeness (QED) is 0.283. The Bertz CT molecular complexity index is 1560. The van der Waals surface area contributed by atoms with Crippen LogP contribution >= 0.6 is 0 Å². The van der Waals surface area contributed by atoms with Crippen molar-refractivity contribution < 1.29 is 39.6 Å². The molecule has 3 aliphatic carbocycles. The highest BCUT2D eigenvalue weighted by atomic mass is 16.3. The van der Waals surface area contributed by atoms with Gasteiger partial charge >= 0.3 is 0 Å². The third-order valence-corrected chi connectivity index (χ3v) is 8.25. The molecule has 1 saturated carbocycles. The standard InChI is InChI=1S/C30H31N3O8/c1-33(2)10-9-32-29(40)15-5-3-14(4-6-15)18-7-8-20(34)23-19(18)12-16-11-17-13-21(35)24(28(31)39)27(38)30(17,41)26(37)22(16)25(23)36/h3-8,16-17,34,36,38,41H,9-13H2,1-2H3,(H2,31,39)(H,32,40)/t16-,17?,30+/m1/s1. The lowest BCUT2D eigenvalue weighted by molar-refractivity contribution is -0.147. The first-order valence-corrected chi connectivity index (χ1v) is 13.2. The summed E-state index contributed by atoms with van der Waals surface area (Å²) in [7, 11) is 3.82. The van der Waals surface area contributed by atoms with Crippen molar-refractivity contribution in [1.82, 2.24) is 10.2 Å². The number of aliphatic hydroxyl groups excluding tert-OH is 2. The second-order valence-electron chi connectivity index (χ2n) is 11.0. The van der Waals surface area contributed by atoms with E-state index in [2.05, 4.69) is 5.32 Å². The van der Waals surface area contributed by atoms with Gasteiger partial charge in [-0.1, -0.05) is 18.2 Å². The number of likely N-dealkylation sites (N-methyl/N-ethyl adjacent to an activating group) is 1. The minimum Gasteiger partial charge on any atom is -0.508 e. The summed E-state index contributed by atoms with van der Waals surface area (Å²) in [6.45, 7) is 1.19. The number of ketones is 2. The number of rotatable bonds is 6. The van der Waals surface area contributed by atoms with Crippen LogP contribution in [0.2, 0.25) is 0 Å². The molecular formula is C30H31N3O8. The number of nitrogens with one attached hydrogen (secondary N) is 1. The number of nitrogens with zero attached hydrogens (tertiary/aromatic N) is 1. The molecule has 0 heterocycles. The van der Waals surface area contributed by atoms with E-state index in [0.29, 0.717) is 35.3 Å². The second kappa shape index (κ2) is 10.2. The Kier molecular flexibility index (Phi) is 6.96. The number of phenolic OH excluding ortho intramolecular Hbond substituents is 1. The normalized spacial score (nSPS) is 23.7. The highest BCUT2D eigenvalue weighted by Crippen LogP contribution is 2.53. The Balaban J connectivity index is 1.53. The molecule has 0 radical (unpaired) electrons. The molecule has 0 aliphatic heterocycles. The van der Waals surface area contributed by atoms with Crippen LogP contribution in [0.4, 0.5) is 0 Å². The van der Waals surface area contributed by atoms with Gasteiger partial charge in [0, 0.05) is 36.6 Å². The molecule has 214 valence electrons. The maximum Gasteiger partial charge on any atom is 0.255 e. The van der Waals surface area contributed by atoms with Gasteiger partial charge in [-0.05, 0) is 67.7 Å². The van der Waals surface area contributed by atoms with Crippen LogP contribution in [0.15, 0.2) is 53.3 Å². The lowest BCUT2D eigenvalue weighted by atomic mass is 9.59. The Morgan fingerprint density at radius 2 is 1.73 bits per heavy atom. The van der Waals surface area contributed by atoms with E-state index in [9.17, 15) is 39.6 Å². The number of aromatic hydroxyl groups is 1. The van der Waals surface area contributed by atoms with Crippen molar-refractivity contribution in [3.63, 3.8) is 0 Å². The number of amides is 2. The number of carbonyl (C=O) groups excluding carboxylic acids is 4. The molecule has 11 heteroatoms. The SMILES string of the molecule is CN(C)CCNC(=O)c1ccc(-c2ccc(O)c3c2C[C@H]2CC4CC(=O)C(C(N)=O)=C(O)[C@@]4(O)C(=O)C2=C3O)cc1. The minimum absolute atomic E-state index is 0.0140. The highest BCUT2D eigenvalue weighted by molar-refractivity contribution is 6.22. The van der Waals surface area contributed by atoms with Gasteiger partial charge in [0.1, 0.15) is 22.8 Å². The second-order valence-corrected chi connectivity index (χ2v) is 11.0. The first-order chi connectivity index (χ1) is 19.4. The first-order valence-electron chi connectivity index (χ1n) is 13.2. The molecule has 0 aromatic heterocycles. The molecule has 2 amide bonds. The number of nitrogens with two attached hydrogens (primary N) is 1. The molecule has 1 fully saturated rings. The van der Waals surface area contributed by atoms with Crippen LogP contribution in [0.1, 0.15) is 34.3 Å². The van der Waals surface area contributed by atoms with Gasteiger partial charge in [-0.2, -0.15) is 0 Å². The van der Waals surface area contributed by atoms with Gasteiger partial charge in [0.05, 0.1) is 5.56 Å². The number of primary amides is 1. The molecule has 7 N–H and O–H groups in total. The summed E-state index contributed by atoms with van der Waals surface area (Å²) in [4.78, 5) is 52.5. The summed E-state index contributed by atoms with van der Waals surface area (Å²) in [5.41, 5.74) is 4.00. The van der Waals surface area contributed by atoms with E-state index in [1.165, 1.54) is 6.07 Å². The largest absolute Gasteiger partial charge is 0.508 e. The molecule has 1 unspecified atom stereocenters. The van der Waals surface area contributed by atoms with Gasteiger partial charge in [0.15, 0.2) is 11.4 Å². The number of carbonyl (C=O) groups is 4. The number of hydrogen-bond acceptors (Lipinski definition) is 9. The van der Waals surface area contributed by atoms with Gasteiger partial charge in [0.25, 0.3) is 11.8 Å². The summed E-state index contributed by atoms with van der Waals surface area (Å²) in [6.07, 6.45) is -0.151. The average molecular weight is 562 g/mol. The summed E-state index contributed by atoms with van der Waals surface area (Å²) in [6, 6.07) is 9.90. The Labute approximate surface area is 235 Å². The Hall–Kier alpha value is -4.48. The van der Waals surface area contributed by atoms with Gasteiger partial charge in [-0.3, -0.25) is 19.2 Å². The van der Waals surface area contributed by atoms with Crippen molar-refractivity contribution in [2.45, 2.75) is 24.9 Å². The fourth-order valence-corrected chi connectivity index (χ4v) is 6.19. The molecule has 3 aliphatic rings. The van der Waals surface area contributed by atoms with Crippen LogP contribution in [-0.2, 0) is 20.8 Å². The summed E-state index contributed by atoms with van der Waals surface area (Å²) >= 11 is 0. The van der Waals surface area contributed by atoms with Crippen molar-refractivity contribution >= 4 is 29.1 Å². The first kappa shape index (κ1) is 28.1. The molecular weight excluding hydrogens is 530 g/mol. The van der Waals surface area contributed by atoms with E-state index < -0.39 is 52.0 Å². The molecule has 3 atom stereocenters. The maximum absolute atomic E-state index is 13.7. The lowest BCUT2D eigenvalue weighted by Crippen LogP contribution is -2.58. The third kappa shape index (κ3) is 4.47. The van der Waals surface area contributed by atoms with E-state index >= 15 is 0 Å². The number of benzene rings is 2. The van der Waals surface area contributed by atoms with Crippen LogP contribution in [0.3, 0.4) is 0 Å². The number of Topliss-reactive ketones (excluding diaryl/α,β-unsaturated/α-hetero) is 2. The maximum atomic E-state index is 13.7. The van der Waals surface area contributed by atoms with Crippen LogP contribution < -0.4 is 11.1 Å². The Morgan fingerprint density at radius 3 is 2.37 bits per heavy atom. The topological polar surface area (TPSA) is 190 Å². The number of phenols is 1. The van der Waals surface area contributed by atoms with Gasteiger partial charge in [-0.25, -0.2) is 0 Å². The zero-order valence-corrected chi connectivity index (χ0v) is 22.6. The summed E-state index contributed by atoms with van der Waals surface area (Å²) in [5.74, 6) is -6.92. The smallest absolute Gasteiger partial charge is 0.255 e. The lowest BCUT2D eigenvalue weighted by Gasteiger charge is -2.46. The van der Waals surface area contributed by atoms with Crippen LogP contribution in [0, 0.1) is 11.8 Å². The molecule has 0 spiro atoms. The van der Waals surface area contributed by atoms with Crippen molar-refractivity contribution in [2.75, 3.05) is 27.2 Å². The molecule has 11 nitrogen and oxygen atoms in total. The number of fused-ring (bicyclic) bond motifs is 3. The summed E-state index contributed by atoms with van der Waals surface area (Å²) < 4.78 is 0. The molecule has 2 aromatic rings. The zero-order chi connectivity index (χ0) is 29.8. The predicted octanol–water partition coefficient (Wildman–Crippen LogP) is 1.38. The van der Waals surface area contributed by atoms with Gasteiger partial charge in [0.2, 0.25) is 5.78 Å². The van der Waals surface area contributed by atoms with E-state index in [1.807, 2.05) is 19.0 Å². The van der Waals surface area contributed by atoms with Crippen LogP contribution in [0.25, 0.3) is 16.9 Å². The Morgan fingerprint density at radius 1 is 1.05 bits per heavy atom. The van der Waals surface area contributed by atoms with Crippen molar-refractivity contribution in [2.24, 2.45) is 17.6 Å². The molecule has 2 aromatic carbocycles. The average Bonchev–Trinajstić information content (AvgIpc) is 2.90. The van der Waals surface area contributed by atoms with E-state index in [4.69, 9.17) is 5.73 Å². The van der Waals surface area contributed by atoms with Crippen LogP contribution in [-0.4, -0.2) is 81.5 Å². The van der Waals surface area contributed by atoms with E-state index in [-0.39, 0.29) is 42.1 Å². The third-order valence-electron chi connectivity index (χ3n) is 8.25. The van der Waals surface area contributed by atoms with E-state index in [0.717, 1.165) is 0 Å². The minimum atomic E-state index is -2.61. The van der Waals surface area contributed by atoms with Gasteiger partial charge in [-0.15, -0.1) is 0 Å². The van der Waals surface area contributed by atoms with Gasteiger partial charge < -0.3 is 36.4 Å². The molecule has 5 rings (SSSR count). The predicted molar refractivity (Wildman–Crippen MR) is 148 cm³/mol.